The zero-order valence-corrected chi connectivity index (χ0v) is 15.4. The van der Waals surface area contributed by atoms with Crippen molar-refractivity contribution in [2.75, 3.05) is 12.4 Å². The Kier molecular flexibility index (Phi) is 6.58. The Morgan fingerprint density at radius 2 is 1.85 bits per heavy atom. The topological polar surface area (TPSA) is 67.4 Å². The largest absolute Gasteiger partial charge is 0.495 e. The molecule has 0 heterocycles. The standard InChI is InChI=1S/C19H20ClFN2O3/c1-11(2)17(23-18(24)13-6-4-5-7-14(13)21)19(25)22-15-10-12(20)8-9-16(15)26-3/h4-11,17H,1-3H3,(H,22,25)(H,23,24)/t17-/m0/s1. The van der Waals surface area contributed by atoms with Gasteiger partial charge in [-0.1, -0.05) is 37.6 Å². The highest BCUT2D eigenvalue weighted by atomic mass is 35.5. The molecule has 0 saturated heterocycles. The number of anilines is 1. The van der Waals surface area contributed by atoms with Gasteiger partial charge in [0.15, 0.2) is 0 Å². The van der Waals surface area contributed by atoms with E-state index in [1.807, 2.05) is 0 Å². The van der Waals surface area contributed by atoms with Gasteiger partial charge >= 0.3 is 0 Å². The highest BCUT2D eigenvalue weighted by molar-refractivity contribution is 6.31. The van der Waals surface area contributed by atoms with Gasteiger partial charge in [0.25, 0.3) is 5.91 Å². The van der Waals surface area contributed by atoms with Gasteiger partial charge in [-0.2, -0.15) is 0 Å². The summed E-state index contributed by atoms with van der Waals surface area (Å²) < 4.78 is 19.0. The van der Waals surface area contributed by atoms with Gasteiger partial charge in [0.2, 0.25) is 5.91 Å². The van der Waals surface area contributed by atoms with Gasteiger partial charge < -0.3 is 15.4 Å². The fraction of sp³-hybridized carbons (Fsp3) is 0.263. The third-order valence-corrected chi connectivity index (χ3v) is 4.01. The second-order valence-corrected chi connectivity index (χ2v) is 6.45. The van der Waals surface area contributed by atoms with Crippen molar-refractivity contribution in [3.05, 3.63) is 58.9 Å². The van der Waals surface area contributed by atoms with E-state index >= 15 is 0 Å². The molecule has 0 bridgehead atoms. The van der Waals surface area contributed by atoms with Crippen LogP contribution in [0.3, 0.4) is 0 Å². The van der Waals surface area contributed by atoms with E-state index < -0.39 is 23.7 Å². The molecule has 2 aromatic carbocycles. The molecule has 0 fully saturated rings. The maximum atomic E-state index is 13.8. The summed E-state index contributed by atoms with van der Waals surface area (Å²) in [7, 11) is 1.47. The van der Waals surface area contributed by atoms with E-state index in [0.29, 0.717) is 16.5 Å². The Labute approximate surface area is 156 Å². The van der Waals surface area contributed by atoms with Crippen LogP contribution in [-0.4, -0.2) is 25.0 Å². The normalized spacial score (nSPS) is 11.8. The SMILES string of the molecule is COc1ccc(Cl)cc1NC(=O)[C@@H](NC(=O)c1ccccc1F)C(C)C. The first kappa shape index (κ1) is 19.7. The van der Waals surface area contributed by atoms with Crippen LogP contribution < -0.4 is 15.4 Å². The number of rotatable bonds is 6. The van der Waals surface area contributed by atoms with Crippen LogP contribution in [0.5, 0.6) is 5.75 Å². The molecule has 7 heteroatoms. The molecule has 26 heavy (non-hydrogen) atoms. The average molecular weight is 379 g/mol. The second-order valence-electron chi connectivity index (χ2n) is 6.01. The molecule has 0 aliphatic heterocycles. The molecule has 2 amide bonds. The van der Waals surface area contributed by atoms with Crippen molar-refractivity contribution in [2.24, 2.45) is 5.92 Å². The van der Waals surface area contributed by atoms with Crippen molar-refractivity contribution in [3.63, 3.8) is 0 Å². The van der Waals surface area contributed by atoms with Crippen LogP contribution in [0.25, 0.3) is 0 Å². The Morgan fingerprint density at radius 3 is 2.46 bits per heavy atom. The van der Waals surface area contributed by atoms with Crippen LogP contribution in [-0.2, 0) is 4.79 Å². The molecule has 0 unspecified atom stereocenters. The summed E-state index contributed by atoms with van der Waals surface area (Å²) in [4.78, 5) is 25.0. The number of ether oxygens (including phenoxy) is 1. The predicted octanol–water partition coefficient (Wildman–Crippen LogP) is 3.88. The molecule has 2 N–H and O–H groups in total. The number of hydrogen-bond donors (Lipinski definition) is 2. The molecule has 1 atom stereocenters. The Bertz CT molecular complexity index is 811. The molecule has 2 rings (SSSR count). The minimum Gasteiger partial charge on any atom is -0.495 e. The van der Waals surface area contributed by atoms with Gasteiger partial charge in [-0.05, 0) is 36.2 Å². The minimum absolute atomic E-state index is 0.119. The molecule has 0 radical (unpaired) electrons. The molecular weight excluding hydrogens is 359 g/mol. The summed E-state index contributed by atoms with van der Waals surface area (Å²) in [6, 6.07) is 9.54. The van der Waals surface area contributed by atoms with Crippen LogP contribution in [0.15, 0.2) is 42.5 Å². The Hall–Kier alpha value is -2.60. The van der Waals surface area contributed by atoms with Crippen molar-refractivity contribution in [1.29, 1.82) is 0 Å². The lowest BCUT2D eigenvalue weighted by Crippen LogP contribution is -2.47. The van der Waals surface area contributed by atoms with Crippen molar-refractivity contribution in [1.82, 2.24) is 5.32 Å². The summed E-state index contributed by atoms with van der Waals surface area (Å²) >= 11 is 5.96. The monoisotopic (exact) mass is 378 g/mol. The molecule has 2 aromatic rings. The molecule has 0 saturated carbocycles. The second kappa shape index (κ2) is 8.67. The highest BCUT2D eigenvalue weighted by Crippen LogP contribution is 2.28. The molecule has 0 aliphatic rings. The first-order valence-electron chi connectivity index (χ1n) is 8.03. The van der Waals surface area contributed by atoms with Crippen LogP contribution >= 0.6 is 11.6 Å². The van der Waals surface area contributed by atoms with Gasteiger partial charge in [0.05, 0.1) is 18.4 Å². The summed E-state index contributed by atoms with van der Waals surface area (Å²) in [5.74, 6) is -1.55. The van der Waals surface area contributed by atoms with E-state index in [0.717, 1.165) is 0 Å². The van der Waals surface area contributed by atoms with E-state index in [-0.39, 0.29) is 11.5 Å². The Morgan fingerprint density at radius 1 is 1.15 bits per heavy atom. The van der Waals surface area contributed by atoms with E-state index in [2.05, 4.69) is 10.6 Å². The number of benzene rings is 2. The van der Waals surface area contributed by atoms with Gasteiger partial charge in [0.1, 0.15) is 17.6 Å². The Balaban J connectivity index is 2.19. The number of amides is 2. The van der Waals surface area contributed by atoms with Crippen molar-refractivity contribution < 1.29 is 18.7 Å². The third-order valence-electron chi connectivity index (χ3n) is 3.77. The zero-order valence-electron chi connectivity index (χ0n) is 14.7. The third kappa shape index (κ3) is 4.73. The fourth-order valence-electron chi connectivity index (χ4n) is 2.39. The number of halogens is 2. The summed E-state index contributed by atoms with van der Waals surface area (Å²) in [6.45, 7) is 3.56. The molecule has 0 aliphatic carbocycles. The van der Waals surface area contributed by atoms with E-state index in [9.17, 15) is 14.0 Å². The maximum absolute atomic E-state index is 13.8. The van der Waals surface area contributed by atoms with Gasteiger partial charge in [-0.25, -0.2) is 4.39 Å². The molecular formula is C19H20ClFN2O3. The molecule has 0 spiro atoms. The van der Waals surface area contributed by atoms with Crippen molar-refractivity contribution >= 4 is 29.1 Å². The van der Waals surface area contributed by atoms with E-state index in [4.69, 9.17) is 16.3 Å². The summed E-state index contributed by atoms with van der Waals surface area (Å²) in [5, 5.41) is 5.71. The van der Waals surface area contributed by atoms with Crippen LogP contribution in [0.2, 0.25) is 5.02 Å². The van der Waals surface area contributed by atoms with E-state index in [1.54, 1.807) is 38.1 Å². The van der Waals surface area contributed by atoms with Crippen molar-refractivity contribution in [3.8, 4) is 5.75 Å². The van der Waals surface area contributed by atoms with E-state index in [1.165, 1.54) is 25.3 Å². The van der Waals surface area contributed by atoms with Crippen LogP contribution in [0.4, 0.5) is 10.1 Å². The lowest BCUT2D eigenvalue weighted by molar-refractivity contribution is -0.118. The lowest BCUT2D eigenvalue weighted by Gasteiger charge is -2.22. The smallest absolute Gasteiger partial charge is 0.254 e. The van der Waals surface area contributed by atoms with Crippen LogP contribution in [0.1, 0.15) is 24.2 Å². The van der Waals surface area contributed by atoms with Gasteiger partial charge in [-0.3, -0.25) is 9.59 Å². The number of methoxy groups -OCH3 is 1. The predicted molar refractivity (Wildman–Crippen MR) is 99.1 cm³/mol. The minimum atomic E-state index is -0.870. The number of carbonyl (C=O) groups excluding carboxylic acids is 2. The zero-order chi connectivity index (χ0) is 19.3. The number of hydrogen-bond acceptors (Lipinski definition) is 3. The number of carbonyl (C=O) groups is 2. The summed E-state index contributed by atoms with van der Waals surface area (Å²) in [6.07, 6.45) is 0. The molecule has 5 nitrogen and oxygen atoms in total. The first-order chi connectivity index (χ1) is 12.3. The average Bonchev–Trinajstić information content (AvgIpc) is 2.59. The number of nitrogens with one attached hydrogen (secondary N) is 2. The first-order valence-corrected chi connectivity index (χ1v) is 8.41. The van der Waals surface area contributed by atoms with Crippen molar-refractivity contribution in [2.45, 2.75) is 19.9 Å². The molecule has 0 aromatic heterocycles. The lowest BCUT2D eigenvalue weighted by atomic mass is 10.0. The fourth-order valence-corrected chi connectivity index (χ4v) is 2.56. The maximum Gasteiger partial charge on any atom is 0.254 e. The summed E-state index contributed by atoms with van der Waals surface area (Å²) in [5.41, 5.74) is 0.266. The van der Waals surface area contributed by atoms with Gasteiger partial charge in [0, 0.05) is 5.02 Å². The highest BCUT2D eigenvalue weighted by Gasteiger charge is 2.26. The van der Waals surface area contributed by atoms with Gasteiger partial charge in [-0.15, -0.1) is 0 Å². The quantitative estimate of drug-likeness (QED) is 0.801. The van der Waals surface area contributed by atoms with Crippen LogP contribution in [0, 0.1) is 11.7 Å². The molecule has 138 valence electrons.